The van der Waals surface area contributed by atoms with Crippen LogP contribution in [0.25, 0.3) is 0 Å². The summed E-state index contributed by atoms with van der Waals surface area (Å²) in [6, 6.07) is 11.1. The van der Waals surface area contributed by atoms with Crippen LogP contribution < -0.4 is 26.6 Å². The summed E-state index contributed by atoms with van der Waals surface area (Å²) >= 11 is 0. The summed E-state index contributed by atoms with van der Waals surface area (Å²) in [6.45, 7) is 4.61. The Bertz CT molecular complexity index is 1150. The number of urea groups is 1. The minimum atomic E-state index is -0.684. The fourth-order valence-electron chi connectivity index (χ4n) is 4.09. The third-order valence-electron chi connectivity index (χ3n) is 6.74. The van der Waals surface area contributed by atoms with Gasteiger partial charge in [0.1, 0.15) is 0 Å². The van der Waals surface area contributed by atoms with Gasteiger partial charge in [-0.25, -0.2) is 4.79 Å². The summed E-state index contributed by atoms with van der Waals surface area (Å²) in [4.78, 5) is 51.8. The molecule has 0 atom stereocenters. The van der Waals surface area contributed by atoms with E-state index in [9.17, 15) is 19.2 Å². The van der Waals surface area contributed by atoms with Gasteiger partial charge in [-0.1, -0.05) is 0 Å². The SMILES string of the molecule is CC(C)N(C(=O)NCC1CC1)c1ccc(NC(=O)C2(CNC(=O)c3ccc(N)cc3)CC2)cc1C=O. The number of aldehydes is 1. The monoisotopic (exact) mass is 491 g/mol. The minimum Gasteiger partial charge on any atom is -0.399 e. The van der Waals surface area contributed by atoms with E-state index in [4.69, 9.17) is 5.73 Å². The lowest BCUT2D eigenvalue weighted by Gasteiger charge is -2.28. The Morgan fingerprint density at radius 1 is 1.08 bits per heavy atom. The number of hydrogen-bond donors (Lipinski definition) is 4. The van der Waals surface area contributed by atoms with E-state index in [0.717, 1.165) is 12.8 Å². The zero-order chi connectivity index (χ0) is 25.9. The van der Waals surface area contributed by atoms with Gasteiger partial charge in [0.2, 0.25) is 5.91 Å². The molecule has 2 aromatic rings. The number of amides is 4. The Labute approximate surface area is 210 Å². The first kappa shape index (κ1) is 25.2. The third kappa shape index (κ3) is 5.84. The first-order valence-electron chi connectivity index (χ1n) is 12.3. The molecule has 2 aromatic carbocycles. The molecular weight excluding hydrogens is 458 g/mol. The molecule has 0 aromatic heterocycles. The second-order valence-corrected chi connectivity index (χ2v) is 10.0. The molecule has 36 heavy (non-hydrogen) atoms. The zero-order valence-corrected chi connectivity index (χ0v) is 20.7. The molecule has 190 valence electrons. The molecule has 0 saturated heterocycles. The molecule has 4 amide bonds. The standard InChI is InChI=1S/C27H33N5O4/c1-17(2)32(26(36)29-14-18-3-4-18)23-10-9-22(13-20(23)15-33)31-25(35)27(11-12-27)16-30-24(34)19-5-7-21(28)8-6-19/h5-10,13,15,17-18H,3-4,11-12,14,16,28H2,1-2H3,(H,29,36)(H,30,34)(H,31,35). The maximum Gasteiger partial charge on any atom is 0.322 e. The molecule has 0 unspecified atom stereocenters. The van der Waals surface area contributed by atoms with E-state index in [-0.39, 0.29) is 30.4 Å². The lowest BCUT2D eigenvalue weighted by atomic mass is 10.0. The highest BCUT2D eigenvalue weighted by Crippen LogP contribution is 2.46. The van der Waals surface area contributed by atoms with Crippen LogP contribution in [0.2, 0.25) is 0 Å². The van der Waals surface area contributed by atoms with E-state index in [2.05, 4.69) is 16.0 Å². The van der Waals surface area contributed by atoms with Crippen molar-refractivity contribution in [1.82, 2.24) is 10.6 Å². The summed E-state index contributed by atoms with van der Waals surface area (Å²) in [5, 5.41) is 8.66. The molecule has 5 N–H and O–H groups in total. The molecule has 9 heteroatoms. The van der Waals surface area contributed by atoms with E-state index < -0.39 is 5.41 Å². The topological polar surface area (TPSA) is 134 Å². The van der Waals surface area contributed by atoms with Gasteiger partial charge in [0.25, 0.3) is 5.91 Å². The quantitative estimate of drug-likeness (QED) is 0.298. The Kier molecular flexibility index (Phi) is 7.28. The number of benzene rings is 2. The van der Waals surface area contributed by atoms with Crippen LogP contribution in [-0.2, 0) is 4.79 Å². The van der Waals surface area contributed by atoms with Crippen LogP contribution in [0.4, 0.5) is 21.9 Å². The number of anilines is 3. The number of rotatable bonds is 10. The van der Waals surface area contributed by atoms with Gasteiger partial charge in [-0.15, -0.1) is 0 Å². The predicted octanol–water partition coefficient (Wildman–Crippen LogP) is 3.56. The summed E-state index contributed by atoms with van der Waals surface area (Å²) in [6.07, 6.45) is 4.25. The smallest absolute Gasteiger partial charge is 0.322 e. The van der Waals surface area contributed by atoms with Crippen LogP contribution in [0.5, 0.6) is 0 Å². The molecule has 4 rings (SSSR count). The Balaban J connectivity index is 1.41. The minimum absolute atomic E-state index is 0.164. The number of hydrogen-bond acceptors (Lipinski definition) is 5. The average Bonchev–Trinajstić information content (AvgIpc) is 3.78. The zero-order valence-electron chi connectivity index (χ0n) is 20.7. The van der Waals surface area contributed by atoms with E-state index in [1.54, 1.807) is 47.4 Å². The Hall–Kier alpha value is -3.88. The maximum absolute atomic E-state index is 13.0. The second-order valence-electron chi connectivity index (χ2n) is 10.0. The molecule has 2 saturated carbocycles. The van der Waals surface area contributed by atoms with Crippen molar-refractivity contribution in [3.63, 3.8) is 0 Å². The van der Waals surface area contributed by atoms with Crippen molar-refractivity contribution in [3.05, 3.63) is 53.6 Å². The normalized spacial score (nSPS) is 15.6. The number of nitrogens with one attached hydrogen (secondary N) is 3. The van der Waals surface area contributed by atoms with Crippen LogP contribution in [0.1, 0.15) is 60.2 Å². The molecule has 0 radical (unpaired) electrons. The molecule has 9 nitrogen and oxygen atoms in total. The van der Waals surface area contributed by atoms with Crippen molar-refractivity contribution in [2.45, 2.75) is 45.6 Å². The highest BCUT2D eigenvalue weighted by atomic mass is 16.2. The molecule has 0 heterocycles. The average molecular weight is 492 g/mol. The number of nitrogens with zero attached hydrogens (tertiary/aromatic N) is 1. The van der Waals surface area contributed by atoms with Gasteiger partial charge in [-0.3, -0.25) is 19.3 Å². The summed E-state index contributed by atoms with van der Waals surface area (Å²) in [7, 11) is 0. The third-order valence-corrected chi connectivity index (χ3v) is 6.74. The molecule has 2 aliphatic carbocycles. The van der Waals surface area contributed by atoms with Crippen LogP contribution in [-0.4, -0.2) is 43.3 Å². The van der Waals surface area contributed by atoms with Gasteiger partial charge in [0.15, 0.2) is 6.29 Å². The van der Waals surface area contributed by atoms with Gasteiger partial charge in [0.05, 0.1) is 11.1 Å². The predicted molar refractivity (Wildman–Crippen MR) is 139 cm³/mol. The lowest BCUT2D eigenvalue weighted by Crippen LogP contribution is -2.45. The number of nitrogens with two attached hydrogens (primary N) is 1. The van der Waals surface area contributed by atoms with Gasteiger partial charge in [-0.2, -0.15) is 0 Å². The number of carbonyl (C=O) groups is 4. The summed E-state index contributed by atoms with van der Waals surface area (Å²) < 4.78 is 0. The highest BCUT2D eigenvalue weighted by Gasteiger charge is 2.50. The van der Waals surface area contributed by atoms with E-state index >= 15 is 0 Å². The fraction of sp³-hybridized carbons (Fsp3) is 0.407. The Morgan fingerprint density at radius 2 is 1.78 bits per heavy atom. The van der Waals surface area contributed by atoms with Gasteiger partial charge >= 0.3 is 6.03 Å². The fourth-order valence-corrected chi connectivity index (χ4v) is 4.09. The summed E-state index contributed by atoms with van der Waals surface area (Å²) in [5.74, 6) is 0.0557. The molecule has 2 fully saturated rings. The van der Waals surface area contributed by atoms with E-state index in [1.807, 2.05) is 13.8 Å². The molecule has 2 aliphatic rings. The number of nitrogen functional groups attached to an aromatic ring is 1. The van der Waals surface area contributed by atoms with Crippen LogP contribution in [0, 0.1) is 11.3 Å². The lowest BCUT2D eigenvalue weighted by molar-refractivity contribution is -0.120. The molecular formula is C27H33N5O4. The highest BCUT2D eigenvalue weighted by molar-refractivity contribution is 6.02. The van der Waals surface area contributed by atoms with Crippen molar-refractivity contribution in [3.8, 4) is 0 Å². The van der Waals surface area contributed by atoms with Crippen molar-refractivity contribution in [2.75, 3.05) is 29.0 Å². The first-order chi connectivity index (χ1) is 17.2. The summed E-state index contributed by atoms with van der Waals surface area (Å²) in [5.41, 5.74) is 7.29. The maximum atomic E-state index is 13.0. The van der Waals surface area contributed by atoms with Crippen molar-refractivity contribution >= 4 is 41.2 Å². The Morgan fingerprint density at radius 3 is 2.36 bits per heavy atom. The second kappa shape index (κ2) is 10.4. The molecule has 0 aliphatic heterocycles. The number of carbonyl (C=O) groups excluding carboxylic acids is 4. The van der Waals surface area contributed by atoms with Crippen molar-refractivity contribution in [2.24, 2.45) is 11.3 Å². The first-order valence-corrected chi connectivity index (χ1v) is 12.3. The van der Waals surface area contributed by atoms with Crippen LogP contribution >= 0.6 is 0 Å². The van der Waals surface area contributed by atoms with Gasteiger partial charge in [-0.05, 0) is 87.9 Å². The van der Waals surface area contributed by atoms with Crippen molar-refractivity contribution < 1.29 is 19.2 Å². The van der Waals surface area contributed by atoms with Gasteiger partial charge in [0, 0.05) is 41.6 Å². The van der Waals surface area contributed by atoms with E-state index in [0.29, 0.717) is 59.8 Å². The van der Waals surface area contributed by atoms with Gasteiger partial charge < -0.3 is 21.7 Å². The van der Waals surface area contributed by atoms with E-state index in [1.165, 1.54) is 0 Å². The van der Waals surface area contributed by atoms with Crippen LogP contribution in [0.15, 0.2) is 42.5 Å². The molecule has 0 spiro atoms. The van der Waals surface area contributed by atoms with Crippen LogP contribution in [0.3, 0.4) is 0 Å². The molecule has 0 bridgehead atoms. The van der Waals surface area contributed by atoms with Crippen molar-refractivity contribution in [1.29, 1.82) is 0 Å². The largest absolute Gasteiger partial charge is 0.399 e.